The van der Waals surface area contributed by atoms with Crippen LogP contribution < -0.4 is 11.0 Å². The van der Waals surface area contributed by atoms with Gasteiger partial charge in [-0.3, -0.25) is 24.1 Å². The average Bonchev–Trinajstić information content (AvgIpc) is 3.43. The molecule has 0 N–H and O–H groups in total. The van der Waals surface area contributed by atoms with E-state index in [-0.39, 0.29) is 51.5 Å². The molecule has 0 radical (unpaired) electrons. The Morgan fingerprint density at radius 3 is 2.69 bits per heavy atom. The molecule has 196 valence electrons. The summed E-state index contributed by atoms with van der Waals surface area (Å²) >= 11 is 6.18. The highest BCUT2D eigenvalue weighted by Gasteiger charge is 2.22. The number of hydrogen-bond donors (Lipinski definition) is 0. The molecule has 1 aromatic carbocycles. The molecule has 0 bridgehead atoms. The summed E-state index contributed by atoms with van der Waals surface area (Å²) in [6, 6.07) is 12.9. The van der Waals surface area contributed by atoms with Crippen LogP contribution in [0, 0.1) is 10.1 Å². The van der Waals surface area contributed by atoms with Crippen LogP contribution in [0.3, 0.4) is 0 Å². The van der Waals surface area contributed by atoms with Gasteiger partial charge in [-0.05, 0) is 43.3 Å². The fraction of sp³-hybridized carbons (Fsp3) is 0.115. The second kappa shape index (κ2) is 10.3. The fourth-order valence-electron chi connectivity index (χ4n) is 4.01. The average molecular weight is 548 g/mol. The van der Waals surface area contributed by atoms with Gasteiger partial charge in [0.1, 0.15) is 22.6 Å². The summed E-state index contributed by atoms with van der Waals surface area (Å²) < 4.78 is 13.4. The molecule has 0 fully saturated rings. The van der Waals surface area contributed by atoms with Crippen LogP contribution in [-0.4, -0.2) is 37.4 Å². The number of nitrogens with zero attached hydrogens (tertiary/aromatic N) is 5. The van der Waals surface area contributed by atoms with Crippen molar-refractivity contribution < 1.29 is 23.7 Å². The first-order valence-corrected chi connectivity index (χ1v) is 11.9. The molecule has 4 aromatic heterocycles. The zero-order chi connectivity index (χ0) is 27.7. The highest BCUT2D eigenvalue weighted by atomic mass is 35.5. The maximum absolute atomic E-state index is 13.4. The molecule has 0 aliphatic carbocycles. The predicted molar refractivity (Wildman–Crippen MR) is 139 cm³/mol. The van der Waals surface area contributed by atoms with Crippen molar-refractivity contribution in [1.82, 2.24) is 14.0 Å². The number of benzene rings is 1. The Morgan fingerprint density at radius 1 is 1.15 bits per heavy atom. The van der Waals surface area contributed by atoms with Gasteiger partial charge in [0.25, 0.3) is 17.2 Å². The number of carbonyl (C=O) groups is 2. The van der Waals surface area contributed by atoms with E-state index in [1.165, 1.54) is 33.6 Å². The minimum absolute atomic E-state index is 0.00804. The standard InChI is InChI=1S/C26H18ClN5O7/c1-2-38-26(35)19-13-18-22(28-21-7-3-4-10-30(21)25(18)34)31(14-16-6-5-11-39-16)23(19)29-24(33)17-12-15(32(36)37)8-9-20(17)27/h3-13H,2,14H2,1H3. The summed E-state index contributed by atoms with van der Waals surface area (Å²) in [5.74, 6) is -1.39. The quantitative estimate of drug-likeness (QED) is 0.135. The Balaban J connectivity index is 1.89. The van der Waals surface area contributed by atoms with E-state index in [1.54, 1.807) is 37.3 Å². The first-order chi connectivity index (χ1) is 18.8. The summed E-state index contributed by atoms with van der Waals surface area (Å²) in [5.41, 5.74) is -1.05. The number of aromatic nitrogens is 3. The summed E-state index contributed by atoms with van der Waals surface area (Å²) in [5, 5.41) is 11.3. The Kier molecular flexibility index (Phi) is 6.77. The summed E-state index contributed by atoms with van der Waals surface area (Å²) in [6.45, 7) is 1.54. The van der Waals surface area contributed by atoms with Gasteiger partial charge in [-0.15, -0.1) is 0 Å². The van der Waals surface area contributed by atoms with Gasteiger partial charge in [-0.1, -0.05) is 17.7 Å². The minimum atomic E-state index is -0.959. The SMILES string of the molecule is CCOC(=O)c1cc2c(=O)n3ccccc3nc2n(Cc2ccco2)c1=NC(=O)c1cc([N+](=O)[O-])ccc1Cl. The Bertz CT molecular complexity index is 1910. The Morgan fingerprint density at radius 2 is 1.97 bits per heavy atom. The van der Waals surface area contributed by atoms with Crippen LogP contribution in [0.4, 0.5) is 5.69 Å². The van der Waals surface area contributed by atoms with Crippen molar-refractivity contribution in [3.63, 3.8) is 0 Å². The van der Waals surface area contributed by atoms with Crippen molar-refractivity contribution in [1.29, 1.82) is 0 Å². The lowest BCUT2D eigenvalue weighted by Gasteiger charge is -2.14. The van der Waals surface area contributed by atoms with Crippen molar-refractivity contribution in [3.8, 4) is 0 Å². The van der Waals surface area contributed by atoms with E-state index in [1.807, 2.05) is 0 Å². The summed E-state index contributed by atoms with van der Waals surface area (Å²) in [7, 11) is 0. The third-order valence-corrected chi connectivity index (χ3v) is 6.11. The van der Waals surface area contributed by atoms with Crippen molar-refractivity contribution in [2.45, 2.75) is 13.5 Å². The number of fused-ring (bicyclic) bond motifs is 2. The van der Waals surface area contributed by atoms with E-state index in [9.17, 15) is 24.5 Å². The number of pyridine rings is 2. The number of hydrogen-bond acceptors (Lipinski definition) is 8. The number of ether oxygens (including phenoxy) is 1. The third kappa shape index (κ3) is 4.80. The van der Waals surface area contributed by atoms with Gasteiger partial charge in [-0.25, -0.2) is 9.78 Å². The number of amides is 1. The van der Waals surface area contributed by atoms with E-state index >= 15 is 0 Å². The largest absolute Gasteiger partial charge is 0.467 e. The molecule has 0 saturated heterocycles. The Hall–Kier alpha value is -5.10. The molecular weight excluding hydrogens is 530 g/mol. The first-order valence-electron chi connectivity index (χ1n) is 11.6. The van der Waals surface area contributed by atoms with Crippen LogP contribution >= 0.6 is 11.6 Å². The molecule has 0 saturated carbocycles. The lowest BCUT2D eigenvalue weighted by molar-refractivity contribution is -0.384. The van der Waals surface area contributed by atoms with Gasteiger partial charge in [0.15, 0.2) is 5.49 Å². The monoisotopic (exact) mass is 547 g/mol. The Labute approximate surface area is 223 Å². The number of furan rings is 1. The molecule has 5 aromatic rings. The number of nitro benzene ring substituents is 1. The molecule has 5 rings (SSSR count). The van der Waals surface area contributed by atoms with Crippen molar-refractivity contribution in [2.75, 3.05) is 6.61 Å². The number of carbonyl (C=O) groups excluding carboxylic acids is 2. The lowest BCUT2D eigenvalue weighted by atomic mass is 10.1. The molecule has 1 amide bonds. The van der Waals surface area contributed by atoms with Crippen LogP contribution in [0.5, 0.6) is 0 Å². The van der Waals surface area contributed by atoms with E-state index < -0.39 is 22.4 Å². The van der Waals surface area contributed by atoms with Crippen LogP contribution in [0.25, 0.3) is 16.7 Å². The number of esters is 1. The van der Waals surface area contributed by atoms with Gasteiger partial charge in [0, 0.05) is 18.3 Å². The van der Waals surface area contributed by atoms with Crippen molar-refractivity contribution in [2.24, 2.45) is 4.99 Å². The molecule has 39 heavy (non-hydrogen) atoms. The molecule has 13 heteroatoms. The fourth-order valence-corrected chi connectivity index (χ4v) is 4.21. The van der Waals surface area contributed by atoms with Gasteiger partial charge >= 0.3 is 5.97 Å². The normalized spacial score (nSPS) is 11.7. The maximum Gasteiger partial charge on any atom is 0.341 e. The van der Waals surface area contributed by atoms with E-state index in [0.717, 1.165) is 12.1 Å². The number of halogens is 1. The molecular formula is C26H18ClN5O7. The molecule has 0 unspecified atom stereocenters. The third-order valence-electron chi connectivity index (χ3n) is 5.78. The highest BCUT2D eigenvalue weighted by molar-refractivity contribution is 6.34. The summed E-state index contributed by atoms with van der Waals surface area (Å²) in [4.78, 5) is 59.3. The number of non-ortho nitro benzene ring substituents is 1. The van der Waals surface area contributed by atoms with Crippen LogP contribution in [0.2, 0.25) is 5.02 Å². The van der Waals surface area contributed by atoms with Crippen LogP contribution in [0.1, 0.15) is 33.4 Å². The van der Waals surface area contributed by atoms with Gasteiger partial charge in [0.05, 0.1) is 40.3 Å². The van der Waals surface area contributed by atoms with Crippen molar-refractivity contribution in [3.05, 3.63) is 115 Å². The number of rotatable bonds is 6. The van der Waals surface area contributed by atoms with Gasteiger partial charge in [-0.2, -0.15) is 4.99 Å². The zero-order valence-electron chi connectivity index (χ0n) is 20.2. The van der Waals surface area contributed by atoms with E-state index in [2.05, 4.69) is 9.98 Å². The second-order valence-corrected chi connectivity index (χ2v) is 8.60. The van der Waals surface area contributed by atoms with Crippen LogP contribution in [0.15, 0.2) is 81.3 Å². The number of nitro groups is 1. The van der Waals surface area contributed by atoms with Crippen LogP contribution in [-0.2, 0) is 11.3 Å². The van der Waals surface area contributed by atoms with Gasteiger partial charge in [0.2, 0.25) is 0 Å². The van der Waals surface area contributed by atoms with Crippen molar-refractivity contribution >= 4 is 45.8 Å². The second-order valence-electron chi connectivity index (χ2n) is 8.19. The molecule has 12 nitrogen and oxygen atoms in total. The molecule has 0 aliphatic heterocycles. The van der Waals surface area contributed by atoms with Gasteiger partial charge < -0.3 is 13.7 Å². The topological polar surface area (TPSA) is 151 Å². The summed E-state index contributed by atoms with van der Waals surface area (Å²) in [6.07, 6.45) is 2.98. The van der Waals surface area contributed by atoms with E-state index in [0.29, 0.717) is 11.4 Å². The minimum Gasteiger partial charge on any atom is -0.467 e. The molecule has 0 atom stereocenters. The lowest BCUT2D eigenvalue weighted by Crippen LogP contribution is -2.33. The van der Waals surface area contributed by atoms with E-state index in [4.69, 9.17) is 20.8 Å². The molecule has 0 spiro atoms. The molecule has 0 aliphatic rings. The first kappa shape index (κ1) is 25.5. The highest BCUT2D eigenvalue weighted by Crippen LogP contribution is 2.23. The predicted octanol–water partition coefficient (Wildman–Crippen LogP) is 3.77. The maximum atomic E-state index is 13.4. The molecule has 4 heterocycles. The zero-order valence-corrected chi connectivity index (χ0v) is 21.0. The smallest absolute Gasteiger partial charge is 0.341 e.